The Labute approximate surface area is 125 Å². The minimum Gasteiger partial charge on any atom is -0.314 e. The number of hydrogen-bond acceptors (Lipinski definition) is 4. The summed E-state index contributed by atoms with van der Waals surface area (Å²) in [6, 6.07) is 0. The van der Waals surface area contributed by atoms with E-state index in [1.807, 2.05) is 0 Å². The van der Waals surface area contributed by atoms with Crippen molar-refractivity contribution >= 4 is 10.2 Å². The highest BCUT2D eigenvalue weighted by atomic mass is 32.2. The van der Waals surface area contributed by atoms with Crippen LogP contribution >= 0.6 is 0 Å². The van der Waals surface area contributed by atoms with Crippen molar-refractivity contribution in [2.24, 2.45) is 0 Å². The van der Waals surface area contributed by atoms with Crippen molar-refractivity contribution in [3.8, 4) is 0 Å². The molecule has 0 radical (unpaired) electrons. The number of piperidine rings is 1. The predicted molar refractivity (Wildman–Crippen MR) is 78.8 cm³/mol. The fraction of sp³-hybridized carbons (Fsp3) is 0.846. The Hall–Kier alpha value is -0.990. The van der Waals surface area contributed by atoms with Crippen LogP contribution in [0.1, 0.15) is 50.2 Å². The van der Waals surface area contributed by atoms with E-state index < -0.39 is 10.2 Å². The molecule has 0 aliphatic carbocycles. The maximum atomic E-state index is 12.3. The quantitative estimate of drug-likeness (QED) is 0.892. The van der Waals surface area contributed by atoms with Crippen molar-refractivity contribution in [2.45, 2.75) is 58.0 Å². The summed E-state index contributed by atoms with van der Waals surface area (Å²) < 4.78 is 30.8. The van der Waals surface area contributed by atoms with Crippen molar-refractivity contribution in [3.63, 3.8) is 0 Å². The van der Waals surface area contributed by atoms with Gasteiger partial charge in [-0.25, -0.2) is 0 Å². The minimum atomic E-state index is -3.39. The van der Waals surface area contributed by atoms with Crippen LogP contribution in [0.5, 0.6) is 0 Å². The molecule has 1 aromatic rings. The van der Waals surface area contributed by atoms with E-state index in [0.29, 0.717) is 13.1 Å². The summed E-state index contributed by atoms with van der Waals surface area (Å²) in [7, 11) is -3.39. The van der Waals surface area contributed by atoms with Gasteiger partial charge in [-0.15, -0.1) is 10.2 Å². The fourth-order valence-electron chi connectivity index (χ4n) is 3.03. The highest BCUT2D eigenvalue weighted by Crippen LogP contribution is 2.15. The van der Waals surface area contributed by atoms with E-state index in [1.165, 1.54) is 10.7 Å². The Morgan fingerprint density at radius 2 is 1.67 bits per heavy atom. The number of hydrogen-bond donors (Lipinski definition) is 1. The molecule has 8 heteroatoms. The van der Waals surface area contributed by atoms with Gasteiger partial charge < -0.3 is 4.57 Å². The number of aromatic nitrogens is 3. The summed E-state index contributed by atoms with van der Waals surface area (Å²) in [6.07, 6.45) is 7.38. The Balaban J connectivity index is 1.66. The van der Waals surface area contributed by atoms with E-state index in [0.717, 1.165) is 56.7 Å². The Kier molecular flexibility index (Phi) is 4.56. The third-order valence-electron chi connectivity index (χ3n) is 4.25. The van der Waals surface area contributed by atoms with Gasteiger partial charge in [-0.05, 0) is 25.7 Å². The lowest BCUT2D eigenvalue weighted by atomic mass is 10.2. The molecule has 1 aromatic heterocycles. The molecule has 1 fully saturated rings. The standard InChI is InChI=1S/C13H23N5O2S/c19-21(20,17-8-4-2-5-9-17)14-11-13-16-15-12-7-3-1-6-10-18(12)13/h14H,1-11H2. The third-order valence-corrected chi connectivity index (χ3v) is 5.81. The van der Waals surface area contributed by atoms with Gasteiger partial charge in [0.15, 0.2) is 0 Å². The molecule has 0 unspecified atom stereocenters. The van der Waals surface area contributed by atoms with Gasteiger partial charge in [0.25, 0.3) is 10.2 Å². The van der Waals surface area contributed by atoms with Crippen LogP contribution in [-0.4, -0.2) is 40.6 Å². The van der Waals surface area contributed by atoms with Crippen molar-refractivity contribution in [2.75, 3.05) is 13.1 Å². The first kappa shape index (κ1) is 14.9. The highest BCUT2D eigenvalue weighted by Gasteiger charge is 2.24. The highest BCUT2D eigenvalue weighted by molar-refractivity contribution is 7.87. The maximum absolute atomic E-state index is 12.3. The summed E-state index contributed by atoms with van der Waals surface area (Å²) in [4.78, 5) is 0. The Morgan fingerprint density at radius 3 is 2.48 bits per heavy atom. The number of nitrogens with zero attached hydrogens (tertiary/aromatic N) is 4. The molecule has 2 aliphatic heterocycles. The third kappa shape index (κ3) is 3.44. The lowest BCUT2D eigenvalue weighted by Gasteiger charge is -2.25. The van der Waals surface area contributed by atoms with E-state index in [9.17, 15) is 8.42 Å². The molecule has 118 valence electrons. The molecule has 1 N–H and O–H groups in total. The van der Waals surface area contributed by atoms with Crippen molar-refractivity contribution in [1.82, 2.24) is 23.8 Å². The monoisotopic (exact) mass is 313 g/mol. The van der Waals surface area contributed by atoms with E-state index in [4.69, 9.17) is 0 Å². The average molecular weight is 313 g/mol. The van der Waals surface area contributed by atoms with Crippen LogP contribution in [0.15, 0.2) is 0 Å². The molecule has 21 heavy (non-hydrogen) atoms. The fourth-order valence-corrected chi connectivity index (χ4v) is 4.26. The van der Waals surface area contributed by atoms with E-state index >= 15 is 0 Å². The molecular formula is C13H23N5O2S. The van der Waals surface area contributed by atoms with Crippen LogP contribution in [-0.2, 0) is 29.7 Å². The summed E-state index contributed by atoms with van der Waals surface area (Å²) in [5, 5.41) is 8.35. The minimum absolute atomic E-state index is 0.228. The molecule has 0 saturated carbocycles. The van der Waals surface area contributed by atoms with Crippen molar-refractivity contribution in [1.29, 1.82) is 0 Å². The van der Waals surface area contributed by atoms with Crippen molar-refractivity contribution < 1.29 is 8.42 Å². The maximum Gasteiger partial charge on any atom is 0.279 e. The average Bonchev–Trinajstić information content (AvgIpc) is 2.73. The van der Waals surface area contributed by atoms with Crippen LogP contribution in [0.2, 0.25) is 0 Å². The first-order valence-electron chi connectivity index (χ1n) is 7.82. The zero-order valence-electron chi connectivity index (χ0n) is 12.3. The van der Waals surface area contributed by atoms with Crippen molar-refractivity contribution in [3.05, 3.63) is 11.6 Å². The molecule has 0 atom stereocenters. The van der Waals surface area contributed by atoms with E-state index in [2.05, 4.69) is 19.5 Å². The van der Waals surface area contributed by atoms with Gasteiger partial charge in [-0.2, -0.15) is 17.4 Å². The zero-order chi connectivity index (χ0) is 14.7. The molecule has 7 nitrogen and oxygen atoms in total. The number of nitrogens with one attached hydrogen (secondary N) is 1. The Bertz CT molecular complexity index is 577. The van der Waals surface area contributed by atoms with E-state index in [-0.39, 0.29) is 6.54 Å². The van der Waals surface area contributed by atoms with Gasteiger partial charge in [0.05, 0.1) is 6.54 Å². The predicted octanol–water partition coefficient (Wildman–Crippen LogP) is 0.825. The lowest BCUT2D eigenvalue weighted by Crippen LogP contribution is -2.43. The van der Waals surface area contributed by atoms with Gasteiger partial charge >= 0.3 is 0 Å². The topological polar surface area (TPSA) is 80.1 Å². The molecule has 3 heterocycles. The lowest BCUT2D eigenvalue weighted by molar-refractivity contribution is 0.341. The number of fused-ring (bicyclic) bond motifs is 1. The van der Waals surface area contributed by atoms with Crippen LogP contribution < -0.4 is 4.72 Å². The Morgan fingerprint density at radius 1 is 0.952 bits per heavy atom. The molecule has 0 spiro atoms. The number of rotatable bonds is 4. The van der Waals surface area contributed by atoms with Gasteiger partial charge in [0.2, 0.25) is 0 Å². The summed E-state index contributed by atoms with van der Waals surface area (Å²) >= 11 is 0. The van der Waals surface area contributed by atoms with Gasteiger partial charge in [0, 0.05) is 26.1 Å². The van der Waals surface area contributed by atoms with Crippen LogP contribution in [0.3, 0.4) is 0 Å². The molecule has 0 amide bonds. The van der Waals surface area contributed by atoms with E-state index in [1.54, 1.807) is 0 Å². The molecule has 3 rings (SSSR count). The van der Waals surface area contributed by atoms with Crippen LogP contribution in [0, 0.1) is 0 Å². The second kappa shape index (κ2) is 6.41. The second-order valence-electron chi connectivity index (χ2n) is 5.78. The number of aryl methyl sites for hydroxylation is 1. The molecular weight excluding hydrogens is 290 g/mol. The zero-order valence-corrected chi connectivity index (χ0v) is 13.1. The normalized spacial score (nSPS) is 21.0. The van der Waals surface area contributed by atoms with Crippen LogP contribution in [0.25, 0.3) is 0 Å². The van der Waals surface area contributed by atoms with Gasteiger partial charge in [-0.3, -0.25) is 0 Å². The molecule has 2 aliphatic rings. The first-order chi connectivity index (χ1) is 10.2. The molecule has 1 saturated heterocycles. The SMILES string of the molecule is O=S(=O)(NCc1nnc2n1CCCCC2)N1CCCCC1. The first-order valence-corrected chi connectivity index (χ1v) is 9.26. The summed E-state index contributed by atoms with van der Waals surface area (Å²) in [5.41, 5.74) is 0. The van der Waals surface area contributed by atoms with Gasteiger partial charge in [0.1, 0.15) is 11.6 Å². The molecule has 0 aromatic carbocycles. The summed E-state index contributed by atoms with van der Waals surface area (Å²) in [5.74, 6) is 1.71. The molecule has 0 bridgehead atoms. The summed E-state index contributed by atoms with van der Waals surface area (Å²) in [6.45, 7) is 2.36. The van der Waals surface area contributed by atoms with Gasteiger partial charge in [-0.1, -0.05) is 12.8 Å². The smallest absolute Gasteiger partial charge is 0.279 e. The largest absolute Gasteiger partial charge is 0.314 e. The second-order valence-corrected chi connectivity index (χ2v) is 7.54. The van der Waals surface area contributed by atoms with Crippen LogP contribution in [0.4, 0.5) is 0 Å².